The lowest BCUT2D eigenvalue weighted by atomic mass is 9.82. The summed E-state index contributed by atoms with van der Waals surface area (Å²) in [6.07, 6.45) is 1.24. The van der Waals surface area contributed by atoms with E-state index in [9.17, 15) is 14.7 Å². The van der Waals surface area contributed by atoms with Gasteiger partial charge in [-0.3, -0.25) is 9.59 Å². The third-order valence-corrected chi connectivity index (χ3v) is 4.18. The fraction of sp³-hybridized carbons (Fsp3) is 0.467. The maximum absolute atomic E-state index is 11.9. The first-order chi connectivity index (χ1) is 9.43. The molecule has 0 saturated carbocycles. The van der Waals surface area contributed by atoms with Crippen LogP contribution in [0.2, 0.25) is 0 Å². The molecule has 0 spiro atoms. The van der Waals surface area contributed by atoms with E-state index in [1.165, 1.54) is 0 Å². The molecule has 1 aromatic carbocycles. The van der Waals surface area contributed by atoms with Crippen LogP contribution in [0, 0.1) is 5.41 Å². The zero-order valence-electron chi connectivity index (χ0n) is 11.8. The van der Waals surface area contributed by atoms with Gasteiger partial charge in [0.1, 0.15) is 0 Å². The van der Waals surface area contributed by atoms with Gasteiger partial charge in [0.05, 0.1) is 11.8 Å². The number of aliphatic carboxylic acids is 1. The van der Waals surface area contributed by atoms with Gasteiger partial charge in [-0.2, -0.15) is 0 Å². The fourth-order valence-electron chi connectivity index (χ4n) is 2.04. The van der Waals surface area contributed by atoms with Crippen molar-refractivity contribution in [3.63, 3.8) is 0 Å². The molecule has 110 valence electrons. The molecule has 0 heterocycles. The van der Waals surface area contributed by atoms with Gasteiger partial charge in [0.25, 0.3) is 0 Å². The largest absolute Gasteiger partial charge is 0.481 e. The van der Waals surface area contributed by atoms with Gasteiger partial charge in [0.15, 0.2) is 0 Å². The highest BCUT2D eigenvalue weighted by Crippen LogP contribution is 2.25. The van der Waals surface area contributed by atoms with Gasteiger partial charge in [-0.05, 0) is 30.5 Å². The van der Waals surface area contributed by atoms with Crippen LogP contribution in [0.1, 0.15) is 32.3 Å². The number of hydrogen-bond donors (Lipinski definition) is 2. The summed E-state index contributed by atoms with van der Waals surface area (Å²) in [6, 6.07) is 7.51. The molecule has 0 saturated heterocycles. The topological polar surface area (TPSA) is 66.4 Å². The van der Waals surface area contributed by atoms with E-state index >= 15 is 0 Å². The van der Waals surface area contributed by atoms with Crippen LogP contribution in [-0.2, 0) is 16.0 Å². The van der Waals surface area contributed by atoms with Gasteiger partial charge in [0, 0.05) is 11.0 Å². The van der Waals surface area contributed by atoms with E-state index in [0.717, 1.165) is 10.0 Å². The summed E-state index contributed by atoms with van der Waals surface area (Å²) >= 11 is 3.35. The maximum Gasteiger partial charge on any atom is 0.311 e. The molecule has 0 aliphatic carbocycles. The van der Waals surface area contributed by atoms with E-state index in [4.69, 9.17) is 0 Å². The van der Waals surface area contributed by atoms with Crippen LogP contribution in [0.5, 0.6) is 0 Å². The summed E-state index contributed by atoms with van der Waals surface area (Å²) in [6.45, 7) is 3.83. The Hall–Kier alpha value is -1.36. The van der Waals surface area contributed by atoms with Gasteiger partial charge in [-0.1, -0.05) is 41.9 Å². The summed E-state index contributed by atoms with van der Waals surface area (Å²) < 4.78 is 0.921. The smallest absolute Gasteiger partial charge is 0.311 e. The molecular weight excluding hydrogens is 322 g/mol. The number of benzene rings is 1. The van der Waals surface area contributed by atoms with E-state index in [-0.39, 0.29) is 18.9 Å². The minimum Gasteiger partial charge on any atom is -0.481 e. The third-order valence-electron chi connectivity index (χ3n) is 3.68. The summed E-state index contributed by atoms with van der Waals surface area (Å²) in [5.74, 6) is -1.01. The lowest BCUT2D eigenvalue weighted by molar-refractivity contribution is -0.149. The maximum atomic E-state index is 11.9. The van der Waals surface area contributed by atoms with Crippen molar-refractivity contribution in [2.24, 2.45) is 5.41 Å². The van der Waals surface area contributed by atoms with Gasteiger partial charge >= 0.3 is 5.97 Å². The van der Waals surface area contributed by atoms with E-state index in [2.05, 4.69) is 21.2 Å². The van der Waals surface area contributed by atoms with Crippen LogP contribution >= 0.6 is 15.9 Å². The average Bonchev–Trinajstić information content (AvgIpc) is 2.40. The Balaban J connectivity index is 2.61. The molecule has 0 unspecified atom stereocenters. The van der Waals surface area contributed by atoms with Crippen molar-refractivity contribution in [3.05, 3.63) is 34.3 Å². The van der Waals surface area contributed by atoms with Crippen LogP contribution in [0.25, 0.3) is 0 Å². The Labute approximate surface area is 127 Å². The molecule has 20 heavy (non-hydrogen) atoms. The third kappa shape index (κ3) is 4.34. The normalized spacial score (nSPS) is 11.2. The minimum absolute atomic E-state index is 0.157. The molecular formula is C15H20BrNO3. The highest BCUT2D eigenvalue weighted by molar-refractivity contribution is 9.10. The quantitative estimate of drug-likeness (QED) is 0.801. The number of carboxylic acid groups (broad SMARTS) is 1. The SMILES string of the molecule is CCC(CC)(CNC(=O)Cc1cccc(Br)c1)C(=O)O. The van der Waals surface area contributed by atoms with Crippen LogP contribution < -0.4 is 5.32 Å². The van der Waals surface area contributed by atoms with Crippen LogP contribution in [0.4, 0.5) is 0 Å². The Morgan fingerprint density at radius 2 is 1.95 bits per heavy atom. The summed E-state index contributed by atoms with van der Waals surface area (Å²) in [5, 5.41) is 12.0. The molecule has 4 nitrogen and oxygen atoms in total. The van der Waals surface area contributed by atoms with Crippen molar-refractivity contribution < 1.29 is 14.7 Å². The zero-order chi connectivity index (χ0) is 15.2. The van der Waals surface area contributed by atoms with Crippen LogP contribution in [0.3, 0.4) is 0 Å². The van der Waals surface area contributed by atoms with Gasteiger partial charge < -0.3 is 10.4 Å². The Morgan fingerprint density at radius 3 is 2.45 bits per heavy atom. The second-order valence-corrected chi connectivity index (χ2v) is 5.79. The molecule has 0 atom stereocenters. The molecule has 1 amide bonds. The Bertz CT molecular complexity index is 484. The second-order valence-electron chi connectivity index (χ2n) is 4.88. The monoisotopic (exact) mass is 341 g/mol. The number of amides is 1. The van der Waals surface area contributed by atoms with Crippen molar-refractivity contribution in [2.75, 3.05) is 6.54 Å². The summed E-state index contributed by atoms with van der Waals surface area (Å²) in [7, 11) is 0. The van der Waals surface area contributed by atoms with E-state index in [1.54, 1.807) is 0 Å². The first kappa shape index (κ1) is 16.7. The number of rotatable bonds is 7. The Kier molecular flexibility index (Phi) is 6.20. The number of hydrogen-bond acceptors (Lipinski definition) is 2. The number of halogens is 1. The number of carboxylic acids is 1. The summed E-state index contributed by atoms with van der Waals surface area (Å²) in [5.41, 5.74) is 0.0261. The molecule has 2 N–H and O–H groups in total. The number of nitrogens with one attached hydrogen (secondary N) is 1. The zero-order valence-corrected chi connectivity index (χ0v) is 13.4. The van der Waals surface area contributed by atoms with Crippen LogP contribution in [0.15, 0.2) is 28.7 Å². The van der Waals surface area contributed by atoms with Crippen LogP contribution in [-0.4, -0.2) is 23.5 Å². The highest BCUT2D eigenvalue weighted by atomic mass is 79.9. The highest BCUT2D eigenvalue weighted by Gasteiger charge is 2.34. The van der Waals surface area contributed by atoms with Gasteiger partial charge in [0.2, 0.25) is 5.91 Å². The van der Waals surface area contributed by atoms with Crippen molar-refractivity contribution in [2.45, 2.75) is 33.1 Å². The van der Waals surface area contributed by atoms with E-state index in [0.29, 0.717) is 12.8 Å². The second kappa shape index (κ2) is 7.43. The lowest BCUT2D eigenvalue weighted by Gasteiger charge is -2.26. The predicted molar refractivity (Wildman–Crippen MR) is 81.5 cm³/mol. The molecule has 1 aromatic rings. The van der Waals surface area contributed by atoms with Gasteiger partial charge in [-0.15, -0.1) is 0 Å². The standard InChI is InChI=1S/C15H20BrNO3/c1-3-15(4-2,14(19)20)10-17-13(18)9-11-6-5-7-12(16)8-11/h5-8H,3-4,9-10H2,1-2H3,(H,17,18)(H,19,20). The fourth-order valence-corrected chi connectivity index (χ4v) is 2.49. The van der Waals surface area contributed by atoms with Crippen molar-refractivity contribution in [3.8, 4) is 0 Å². The summed E-state index contributed by atoms with van der Waals surface area (Å²) in [4.78, 5) is 23.2. The van der Waals surface area contributed by atoms with Gasteiger partial charge in [-0.25, -0.2) is 0 Å². The number of carbonyl (C=O) groups is 2. The van der Waals surface area contributed by atoms with Crippen molar-refractivity contribution in [1.29, 1.82) is 0 Å². The van der Waals surface area contributed by atoms with Crippen molar-refractivity contribution in [1.82, 2.24) is 5.32 Å². The Morgan fingerprint density at radius 1 is 1.30 bits per heavy atom. The molecule has 0 aliphatic heterocycles. The average molecular weight is 342 g/mol. The molecule has 0 fully saturated rings. The van der Waals surface area contributed by atoms with E-state index < -0.39 is 11.4 Å². The molecule has 5 heteroatoms. The van der Waals surface area contributed by atoms with Crippen molar-refractivity contribution >= 4 is 27.8 Å². The number of carbonyl (C=O) groups excluding carboxylic acids is 1. The molecule has 0 radical (unpaired) electrons. The first-order valence-electron chi connectivity index (χ1n) is 6.68. The van der Waals surface area contributed by atoms with E-state index in [1.807, 2.05) is 38.1 Å². The lowest BCUT2D eigenvalue weighted by Crippen LogP contribution is -2.42. The first-order valence-corrected chi connectivity index (χ1v) is 7.47. The minimum atomic E-state index is -0.868. The predicted octanol–water partition coefficient (Wildman–Crippen LogP) is 3.00. The molecule has 0 aromatic heterocycles. The molecule has 0 bridgehead atoms. The molecule has 0 aliphatic rings. The molecule has 1 rings (SSSR count).